The van der Waals surface area contributed by atoms with Crippen LogP contribution in [0.3, 0.4) is 0 Å². The highest BCUT2D eigenvalue weighted by Crippen LogP contribution is 2.27. The van der Waals surface area contributed by atoms with Gasteiger partial charge in [-0.05, 0) is 44.5 Å². The second-order valence-electron chi connectivity index (χ2n) is 5.55. The second-order valence-corrected chi connectivity index (χ2v) is 5.55. The third-order valence-corrected chi connectivity index (χ3v) is 3.89. The van der Waals surface area contributed by atoms with E-state index in [9.17, 15) is 9.59 Å². The molecule has 0 spiro atoms. The molecule has 1 atom stereocenters. The fourth-order valence-corrected chi connectivity index (χ4v) is 2.33. The summed E-state index contributed by atoms with van der Waals surface area (Å²) in [4.78, 5) is 24.0. The van der Waals surface area contributed by atoms with Crippen molar-refractivity contribution in [3.05, 3.63) is 29.3 Å². The second kappa shape index (κ2) is 5.63. The molecule has 1 fully saturated rings. The number of rotatable bonds is 3. The van der Waals surface area contributed by atoms with Gasteiger partial charge in [0, 0.05) is 24.8 Å². The van der Waals surface area contributed by atoms with Crippen molar-refractivity contribution in [1.29, 1.82) is 0 Å². The smallest absolute Gasteiger partial charge is 0.251 e. The van der Waals surface area contributed by atoms with Crippen LogP contribution in [0.4, 0.5) is 5.69 Å². The standard InChI is InChI=1S/C15H21N3O2/c1-10-4-5-11(13(19)16-3)8-12(10)18-14(20)15(2)6-7-17-9-15/h4-5,8,17H,6-7,9H2,1-3H3,(H,16,19)(H,18,20). The maximum atomic E-state index is 12.4. The molecule has 1 aromatic rings. The Morgan fingerprint density at radius 2 is 2.10 bits per heavy atom. The molecule has 0 bridgehead atoms. The Labute approximate surface area is 119 Å². The van der Waals surface area contributed by atoms with Gasteiger partial charge in [0.1, 0.15) is 0 Å². The summed E-state index contributed by atoms with van der Waals surface area (Å²) in [6.07, 6.45) is 0.826. The van der Waals surface area contributed by atoms with E-state index in [1.54, 1.807) is 19.2 Å². The van der Waals surface area contributed by atoms with E-state index in [0.717, 1.165) is 18.5 Å². The summed E-state index contributed by atoms with van der Waals surface area (Å²) in [5.74, 6) is -0.158. The summed E-state index contributed by atoms with van der Waals surface area (Å²) in [5.41, 5.74) is 1.81. The molecule has 2 rings (SSSR count). The van der Waals surface area contributed by atoms with Crippen LogP contribution >= 0.6 is 0 Å². The number of hydrogen-bond acceptors (Lipinski definition) is 3. The number of hydrogen-bond donors (Lipinski definition) is 3. The van der Waals surface area contributed by atoms with Gasteiger partial charge in [-0.25, -0.2) is 0 Å². The van der Waals surface area contributed by atoms with Gasteiger partial charge in [0.25, 0.3) is 5.91 Å². The minimum absolute atomic E-state index is 0.000318. The Balaban J connectivity index is 2.20. The Kier molecular flexibility index (Phi) is 4.09. The van der Waals surface area contributed by atoms with Gasteiger partial charge in [-0.1, -0.05) is 6.07 Å². The van der Waals surface area contributed by atoms with Crippen LogP contribution in [0.2, 0.25) is 0 Å². The Morgan fingerprint density at radius 1 is 1.35 bits per heavy atom. The van der Waals surface area contributed by atoms with Gasteiger partial charge < -0.3 is 16.0 Å². The lowest BCUT2D eigenvalue weighted by atomic mass is 9.88. The summed E-state index contributed by atoms with van der Waals surface area (Å²) >= 11 is 0. The van der Waals surface area contributed by atoms with Crippen molar-refractivity contribution in [2.75, 3.05) is 25.5 Å². The first-order valence-corrected chi connectivity index (χ1v) is 6.81. The highest BCUT2D eigenvalue weighted by atomic mass is 16.2. The van der Waals surface area contributed by atoms with Crippen LogP contribution in [0.25, 0.3) is 0 Å². The van der Waals surface area contributed by atoms with Gasteiger partial charge in [-0.15, -0.1) is 0 Å². The lowest BCUT2D eigenvalue weighted by Gasteiger charge is -2.22. The van der Waals surface area contributed by atoms with Crippen LogP contribution in [0, 0.1) is 12.3 Å². The maximum Gasteiger partial charge on any atom is 0.251 e. The van der Waals surface area contributed by atoms with Crippen molar-refractivity contribution in [2.45, 2.75) is 20.3 Å². The molecule has 108 valence electrons. The van der Waals surface area contributed by atoms with Crippen LogP contribution < -0.4 is 16.0 Å². The molecule has 1 aliphatic rings. The molecule has 5 heteroatoms. The van der Waals surface area contributed by atoms with Gasteiger partial charge in [-0.2, -0.15) is 0 Å². The Hall–Kier alpha value is -1.88. The van der Waals surface area contributed by atoms with Crippen LogP contribution in [0.5, 0.6) is 0 Å². The first kappa shape index (κ1) is 14.5. The molecule has 0 radical (unpaired) electrons. The Bertz CT molecular complexity index is 534. The van der Waals surface area contributed by atoms with E-state index in [2.05, 4.69) is 16.0 Å². The summed E-state index contributed by atoms with van der Waals surface area (Å²) in [5, 5.41) is 8.74. The molecule has 1 aromatic carbocycles. The van der Waals surface area contributed by atoms with Gasteiger partial charge in [0.15, 0.2) is 0 Å². The average Bonchev–Trinajstić information content (AvgIpc) is 2.88. The summed E-state index contributed by atoms with van der Waals surface area (Å²) < 4.78 is 0. The van der Waals surface area contributed by atoms with Crippen LogP contribution in [0.1, 0.15) is 29.3 Å². The highest BCUT2D eigenvalue weighted by molar-refractivity contribution is 5.99. The van der Waals surface area contributed by atoms with Crippen molar-refractivity contribution in [1.82, 2.24) is 10.6 Å². The van der Waals surface area contributed by atoms with Crippen molar-refractivity contribution < 1.29 is 9.59 Å². The van der Waals surface area contributed by atoms with Gasteiger partial charge in [0.05, 0.1) is 5.41 Å². The largest absolute Gasteiger partial charge is 0.355 e. The molecule has 1 saturated heterocycles. The number of aryl methyl sites for hydroxylation is 1. The molecule has 20 heavy (non-hydrogen) atoms. The molecule has 3 N–H and O–H groups in total. The third kappa shape index (κ3) is 2.82. The topological polar surface area (TPSA) is 70.2 Å². The lowest BCUT2D eigenvalue weighted by Crippen LogP contribution is -2.35. The van der Waals surface area contributed by atoms with E-state index in [-0.39, 0.29) is 17.2 Å². The molecular formula is C15H21N3O2. The van der Waals surface area contributed by atoms with Crippen molar-refractivity contribution in [2.24, 2.45) is 5.41 Å². The SMILES string of the molecule is CNC(=O)c1ccc(C)c(NC(=O)C2(C)CCNC2)c1. The number of amides is 2. The highest BCUT2D eigenvalue weighted by Gasteiger charge is 2.36. The van der Waals surface area contributed by atoms with Gasteiger partial charge in [0.2, 0.25) is 5.91 Å². The quantitative estimate of drug-likeness (QED) is 0.778. The molecule has 0 aromatic heterocycles. The predicted molar refractivity (Wildman–Crippen MR) is 78.8 cm³/mol. The predicted octanol–water partition coefficient (Wildman–Crippen LogP) is 1.29. The summed E-state index contributed by atoms with van der Waals surface area (Å²) in [7, 11) is 1.59. The lowest BCUT2D eigenvalue weighted by molar-refractivity contribution is -0.123. The van der Waals surface area contributed by atoms with E-state index in [1.165, 1.54) is 0 Å². The number of carbonyl (C=O) groups excluding carboxylic acids is 2. The molecule has 1 heterocycles. The zero-order chi connectivity index (χ0) is 14.8. The van der Waals surface area contributed by atoms with E-state index in [0.29, 0.717) is 17.8 Å². The molecule has 5 nitrogen and oxygen atoms in total. The first-order valence-electron chi connectivity index (χ1n) is 6.81. The minimum atomic E-state index is -0.380. The normalized spacial score (nSPS) is 21.6. The van der Waals surface area contributed by atoms with Crippen molar-refractivity contribution in [3.8, 4) is 0 Å². The fourth-order valence-electron chi connectivity index (χ4n) is 2.33. The Morgan fingerprint density at radius 3 is 2.70 bits per heavy atom. The monoisotopic (exact) mass is 275 g/mol. The molecule has 0 aliphatic carbocycles. The van der Waals surface area contributed by atoms with E-state index in [4.69, 9.17) is 0 Å². The van der Waals surface area contributed by atoms with E-state index < -0.39 is 0 Å². The molecular weight excluding hydrogens is 254 g/mol. The number of nitrogens with one attached hydrogen (secondary N) is 3. The first-order chi connectivity index (χ1) is 9.46. The molecule has 0 saturated carbocycles. The zero-order valence-electron chi connectivity index (χ0n) is 12.2. The molecule has 1 unspecified atom stereocenters. The van der Waals surface area contributed by atoms with Crippen LogP contribution in [-0.2, 0) is 4.79 Å². The van der Waals surface area contributed by atoms with Crippen molar-refractivity contribution >= 4 is 17.5 Å². The van der Waals surface area contributed by atoms with E-state index in [1.807, 2.05) is 19.9 Å². The zero-order valence-corrected chi connectivity index (χ0v) is 12.2. The van der Waals surface area contributed by atoms with Gasteiger partial charge in [-0.3, -0.25) is 9.59 Å². The molecule has 2 amide bonds. The van der Waals surface area contributed by atoms with Gasteiger partial charge >= 0.3 is 0 Å². The average molecular weight is 275 g/mol. The maximum absolute atomic E-state index is 12.4. The summed E-state index contributed by atoms with van der Waals surface area (Å²) in [6.45, 7) is 5.42. The van der Waals surface area contributed by atoms with Crippen LogP contribution in [-0.4, -0.2) is 32.0 Å². The number of anilines is 1. The fraction of sp³-hybridized carbons (Fsp3) is 0.467. The summed E-state index contributed by atoms with van der Waals surface area (Å²) in [6, 6.07) is 5.32. The number of carbonyl (C=O) groups is 2. The minimum Gasteiger partial charge on any atom is -0.355 e. The van der Waals surface area contributed by atoms with Crippen LogP contribution in [0.15, 0.2) is 18.2 Å². The molecule has 1 aliphatic heterocycles. The number of benzene rings is 1. The van der Waals surface area contributed by atoms with E-state index >= 15 is 0 Å². The third-order valence-electron chi connectivity index (χ3n) is 3.89. The van der Waals surface area contributed by atoms with Crippen molar-refractivity contribution in [3.63, 3.8) is 0 Å².